The summed E-state index contributed by atoms with van der Waals surface area (Å²) in [7, 11) is 0. The van der Waals surface area contributed by atoms with Gasteiger partial charge in [0.25, 0.3) is 5.91 Å². The first-order valence-corrected chi connectivity index (χ1v) is 15.9. The first-order valence-electron chi connectivity index (χ1n) is 15.9. The second-order valence-electron chi connectivity index (χ2n) is 13.5. The molecule has 3 N–H and O–H groups in total. The van der Waals surface area contributed by atoms with Crippen LogP contribution in [0.5, 0.6) is 0 Å². The number of rotatable bonds is 13. The molecule has 10 nitrogen and oxygen atoms in total. The molecule has 2 fully saturated rings. The van der Waals surface area contributed by atoms with Crippen LogP contribution in [0.3, 0.4) is 0 Å². The molecule has 6 atom stereocenters. The Morgan fingerprint density at radius 2 is 1.70 bits per heavy atom. The molecule has 4 rings (SSSR count). The lowest BCUT2D eigenvalue weighted by atomic mass is 9.93. The van der Waals surface area contributed by atoms with Crippen molar-refractivity contribution in [2.75, 3.05) is 13.1 Å². The highest BCUT2D eigenvalue weighted by molar-refractivity contribution is 6.38. The van der Waals surface area contributed by atoms with Gasteiger partial charge in [-0.15, -0.1) is 6.58 Å². The summed E-state index contributed by atoms with van der Waals surface area (Å²) in [5, 5.41) is 8.19. The van der Waals surface area contributed by atoms with Gasteiger partial charge in [-0.2, -0.15) is 0 Å². The van der Waals surface area contributed by atoms with E-state index >= 15 is 0 Å². The summed E-state index contributed by atoms with van der Waals surface area (Å²) in [6.45, 7) is 15.8. The Kier molecular flexibility index (Phi) is 10.2. The van der Waals surface area contributed by atoms with Crippen molar-refractivity contribution < 1.29 is 28.7 Å². The SMILES string of the molecule is C=CCNC(=O)C(=O)C(CCC)NC(=O)C1C2C(CN1C(=O)C(NC(=O)OC(C)C(C)C)C1Cc3ccccc3C1)C2(C)C. The maximum absolute atomic E-state index is 14.4. The Morgan fingerprint density at radius 1 is 1.07 bits per heavy atom. The van der Waals surface area contributed by atoms with Crippen LogP contribution in [-0.2, 0) is 36.8 Å². The van der Waals surface area contributed by atoms with Crippen molar-refractivity contribution in [3.05, 3.63) is 48.0 Å². The summed E-state index contributed by atoms with van der Waals surface area (Å²) in [5.74, 6) is -2.41. The molecule has 0 spiro atoms. The van der Waals surface area contributed by atoms with E-state index < -0.39 is 41.8 Å². The Hall–Kier alpha value is -3.69. The van der Waals surface area contributed by atoms with Gasteiger partial charge in [-0.05, 0) is 66.4 Å². The van der Waals surface area contributed by atoms with Crippen LogP contribution in [0, 0.1) is 29.1 Å². The van der Waals surface area contributed by atoms with Crippen LogP contribution < -0.4 is 16.0 Å². The number of nitrogens with zero attached hydrogens (tertiary/aromatic N) is 1. The van der Waals surface area contributed by atoms with Crippen LogP contribution in [0.25, 0.3) is 0 Å². The number of likely N-dealkylation sites (tertiary alicyclic amines) is 1. The topological polar surface area (TPSA) is 134 Å². The van der Waals surface area contributed by atoms with Crippen molar-refractivity contribution in [1.82, 2.24) is 20.9 Å². The molecule has 4 amide bonds. The van der Waals surface area contributed by atoms with Crippen LogP contribution in [0.15, 0.2) is 36.9 Å². The maximum atomic E-state index is 14.4. The van der Waals surface area contributed by atoms with Gasteiger partial charge >= 0.3 is 6.09 Å². The number of hydrogen-bond acceptors (Lipinski definition) is 6. The Balaban J connectivity index is 1.58. The van der Waals surface area contributed by atoms with Crippen molar-refractivity contribution in [3.8, 4) is 0 Å². The van der Waals surface area contributed by atoms with E-state index in [2.05, 4.69) is 36.4 Å². The molecule has 1 aromatic rings. The highest BCUT2D eigenvalue weighted by Gasteiger charge is 2.69. The molecule has 1 saturated heterocycles. The fourth-order valence-electron chi connectivity index (χ4n) is 6.89. The lowest BCUT2D eigenvalue weighted by Gasteiger charge is -2.35. The number of ether oxygens (including phenoxy) is 1. The van der Waals surface area contributed by atoms with Gasteiger partial charge in [0.2, 0.25) is 17.6 Å². The molecule has 0 aromatic heterocycles. The van der Waals surface area contributed by atoms with E-state index in [1.165, 1.54) is 6.08 Å². The second kappa shape index (κ2) is 13.5. The minimum absolute atomic E-state index is 0.101. The number of piperidine rings is 1. The Morgan fingerprint density at radius 3 is 2.27 bits per heavy atom. The van der Waals surface area contributed by atoms with E-state index in [4.69, 9.17) is 4.74 Å². The molecular weight excluding hydrogens is 560 g/mol. The summed E-state index contributed by atoms with van der Waals surface area (Å²) in [6, 6.07) is 5.26. The predicted molar refractivity (Wildman–Crippen MR) is 166 cm³/mol. The lowest BCUT2D eigenvalue weighted by Crippen LogP contribution is -2.59. The summed E-state index contributed by atoms with van der Waals surface area (Å²) < 4.78 is 5.60. The number of carbonyl (C=O) groups is 5. The van der Waals surface area contributed by atoms with E-state index in [0.717, 1.165) is 11.1 Å². The normalized spacial score (nSPS) is 23.5. The molecule has 0 bridgehead atoms. The van der Waals surface area contributed by atoms with E-state index in [-0.39, 0.29) is 54.1 Å². The van der Waals surface area contributed by atoms with Gasteiger partial charge in [-0.1, -0.05) is 71.4 Å². The zero-order chi connectivity index (χ0) is 32.3. The van der Waals surface area contributed by atoms with E-state index in [9.17, 15) is 24.0 Å². The first kappa shape index (κ1) is 33.2. The zero-order valence-electron chi connectivity index (χ0n) is 26.9. The molecule has 3 aliphatic rings. The molecule has 240 valence electrons. The van der Waals surface area contributed by atoms with Gasteiger partial charge in [0.15, 0.2) is 0 Å². The van der Waals surface area contributed by atoms with Crippen LogP contribution in [0.2, 0.25) is 0 Å². The van der Waals surface area contributed by atoms with Gasteiger partial charge in [0, 0.05) is 13.1 Å². The average Bonchev–Trinajstić information content (AvgIpc) is 3.35. The predicted octanol–water partition coefficient (Wildman–Crippen LogP) is 3.18. The van der Waals surface area contributed by atoms with Crippen LogP contribution in [0.4, 0.5) is 4.79 Å². The Labute approximate surface area is 260 Å². The second-order valence-corrected chi connectivity index (χ2v) is 13.5. The number of hydrogen-bond donors (Lipinski definition) is 3. The minimum atomic E-state index is -1.01. The van der Waals surface area contributed by atoms with Gasteiger partial charge in [0.1, 0.15) is 18.2 Å². The third-order valence-electron chi connectivity index (χ3n) is 9.93. The Bertz CT molecular complexity index is 1270. The number of nitrogens with one attached hydrogen (secondary N) is 3. The van der Waals surface area contributed by atoms with Crippen molar-refractivity contribution in [2.24, 2.45) is 29.1 Å². The number of fused-ring (bicyclic) bond motifs is 2. The number of carbonyl (C=O) groups excluding carboxylic acids is 5. The third kappa shape index (κ3) is 6.84. The quantitative estimate of drug-likeness (QED) is 0.233. The first-order chi connectivity index (χ1) is 20.8. The summed E-state index contributed by atoms with van der Waals surface area (Å²) >= 11 is 0. The zero-order valence-corrected chi connectivity index (χ0v) is 26.9. The summed E-state index contributed by atoms with van der Waals surface area (Å²) in [6.07, 6.45) is 2.55. The standard InChI is InChI=1S/C34H48N4O6/c1-8-12-25(29(39)31(41)35-15-9-2)36-30(40)28-26-24(34(26,6)7)18-38(28)32(42)27(37-33(43)44-20(5)19(3)4)23-16-21-13-10-11-14-22(21)17-23/h9-11,13-14,19-20,23-28H,2,8,12,15-18H2,1,3-7H3,(H,35,41)(H,36,40)(H,37,43). The summed E-state index contributed by atoms with van der Waals surface area (Å²) in [4.78, 5) is 68.5. The van der Waals surface area contributed by atoms with Crippen molar-refractivity contribution in [2.45, 2.75) is 91.5 Å². The van der Waals surface area contributed by atoms with Gasteiger partial charge in [-0.3, -0.25) is 19.2 Å². The fourth-order valence-corrected chi connectivity index (χ4v) is 6.89. The van der Waals surface area contributed by atoms with Gasteiger partial charge < -0.3 is 25.6 Å². The molecular formula is C34H48N4O6. The molecule has 1 heterocycles. The smallest absolute Gasteiger partial charge is 0.408 e. The van der Waals surface area contributed by atoms with Gasteiger partial charge in [-0.25, -0.2) is 4.79 Å². The van der Waals surface area contributed by atoms with Gasteiger partial charge in [0.05, 0.1) is 6.04 Å². The molecule has 1 aliphatic heterocycles. The average molecular weight is 609 g/mol. The monoisotopic (exact) mass is 608 g/mol. The van der Waals surface area contributed by atoms with E-state index in [0.29, 0.717) is 25.8 Å². The number of alkyl carbamates (subject to hydrolysis) is 1. The number of ketones is 1. The number of amides is 4. The molecule has 2 aliphatic carbocycles. The highest BCUT2D eigenvalue weighted by Crippen LogP contribution is 2.65. The molecule has 1 saturated carbocycles. The number of benzene rings is 1. The molecule has 6 unspecified atom stereocenters. The molecule has 0 radical (unpaired) electrons. The summed E-state index contributed by atoms with van der Waals surface area (Å²) in [5.41, 5.74) is 2.11. The highest BCUT2D eigenvalue weighted by atomic mass is 16.6. The maximum Gasteiger partial charge on any atom is 0.408 e. The van der Waals surface area contributed by atoms with Crippen LogP contribution in [-0.4, -0.2) is 71.8 Å². The van der Waals surface area contributed by atoms with E-state index in [1.807, 2.05) is 52.0 Å². The molecule has 10 heteroatoms. The largest absolute Gasteiger partial charge is 0.446 e. The molecule has 1 aromatic carbocycles. The number of Topliss-reactive ketones (excluding diaryl/α,β-unsaturated/α-hetero) is 1. The van der Waals surface area contributed by atoms with Crippen molar-refractivity contribution in [1.29, 1.82) is 0 Å². The fraction of sp³-hybridized carbons (Fsp3) is 0.618. The van der Waals surface area contributed by atoms with Crippen molar-refractivity contribution >= 4 is 29.6 Å². The van der Waals surface area contributed by atoms with Crippen molar-refractivity contribution in [3.63, 3.8) is 0 Å². The van der Waals surface area contributed by atoms with E-state index in [1.54, 1.807) is 4.90 Å². The third-order valence-corrected chi connectivity index (χ3v) is 9.93. The molecule has 44 heavy (non-hydrogen) atoms. The lowest BCUT2D eigenvalue weighted by molar-refractivity contribution is -0.144. The van der Waals surface area contributed by atoms with Crippen LogP contribution >= 0.6 is 0 Å². The van der Waals surface area contributed by atoms with Crippen LogP contribution in [0.1, 0.15) is 65.5 Å². The minimum Gasteiger partial charge on any atom is -0.446 e.